The Kier molecular flexibility index (Phi) is 4.68. The van der Waals surface area contributed by atoms with Crippen molar-refractivity contribution in [3.05, 3.63) is 41.0 Å². The molecule has 1 aromatic rings. The van der Waals surface area contributed by atoms with Gasteiger partial charge in [-0.2, -0.15) is 0 Å². The number of rotatable bonds is 5. The monoisotopic (exact) mass is 230 g/mol. The van der Waals surface area contributed by atoms with Crippen LogP contribution in [0, 0.1) is 6.92 Å². The predicted octanol–water partition coefficient (Wildman–Crippen LogP) is 4.11. The Labute approximate surface area is 105 Å². The van der Waals surface area contributed by atoms with Crippen molar-refractivity contribution in [1.82, 2.24) is 0 Å². The molecule has 0 atom stereocenters. The van der Waals surface area contributed by atoms with Crippen molar-refractivity contribution in [1.29, 1.82) is 0 Å². The van der Waals surface area contributed by atoms with Crippen LogP contribution in [0.5, 0.6) is 0 Å². The zero-order valence-electron chi connectivity index (χ0n) is 11.4. The van der Waals surface area contributed by atoms with Crippen molar-refractivity contribution < 1.29 is 4.79 Å². The van der Waals surface area contributed by atoms with E-state index >= 15 is 0 Å². The van der Waals surface area contributed by atoms with Crippen molar-refractivity contribution in [3.8, 4) is 0 Å². The first kappa shape index (κ1) is 13.7. The zero-order valence-corrected chi connectivity index (χ0v) is 11.4. The number of aryl methyl sites for hydroxylation is 3. The van der Waals surface area contributed by atoms with E-state index < -0.39 is 0 Å². The molecule has 0 N–H and O–H groups in total. The van der Waals surface area contributed by atoms with Crippen LogP contribution in [0.25, 0.3) is 5.57 Å². The molecule has 92 valence electrons. The molecule has 0 spiro atoms. The van der Waals surface area contributed by atoms with Crippen LogP contribution in [-0.4, -0.2) is 5.78 Å². The first-order valence-electron chi connectivity index (χ1n) is 6.39. The number of benzene rings is 1. The number of Topliss-reactive ketones (excluding diaryl/α,β-unsaturated/α-hetero) is 1. The summed E-state index contributed by atoms with van der Waals surface area (Å²) in [5, 5.41) is 0. The summed E-state index contributed by atoms with van der Waals surface area (Å²) in [7, 11) is 0. The molecule has 0 aliphatic heterocycles. The summed E-state index contributed by atoms with van der Waals surface area (Å²) in [6.07, 6.45) is 2.42. The van der Waals surface area contributed by atoms with Crippen LogP contribution >= 0.6 is 0 Å². The van der Waals surface area contributed by atoms with Crippen LogP contribution in [-0.2, 0) is 17.6 Å². The van der Waals surface area contributed by atoms with Gasteiger partial charge in [-0.3, -0.25) is 4.79 Å². The SMILES string of the molecule is C=C(C(=O)CC)c1c(CC)cc(C)cc1CC. The summed E-state index contributed by atoms with van der Waals surface area (Å²) >= 11 is 0. The van der Waals surface area contributed by atoms with E-state index in [1.807, 2.05) is 6.92 Å². The van der Waals surface area contributed by atoms with Gasteiger partial charge in [0.1, 0.15) is 0 Å². The molecule has 1 aromatic carbocycles. The van der Waals surface area contributed by atoms with Gasteiger partial charge in [0.2, 0.25) is 0 Å². The van der Waals surface area contributed by atoms with Gasteiger partial charge in [-0.15, -0.1) is 0 Å². The summed E-state index contributed by atoms with van der Waals surface area (Å²) in [5.41, 5.74) is 5.52. The second-order valence-corrected chi connectivity index (χ2v) is 4.42. The maximum absolute atomic E-state index is 11.8. The average molecular weight is 230 g/mol. The van der Waals surface area contributed by atoms with Gasteiger partial charge in [-0.1, -0.05) is 45.0 Å². The molecule has 0 saturated heterocycles. The minimum Gasteiger partial charge on any atom is -0.294 e. The second kappa shape index (κ2) is 5.81. The third kappa shape index (κ3) is 2.85. The van der Waals surface area contributed by atoms with Gasteiger partial charge in [0.25, 0.3) is 0 Å². The van der Waals surface area contributed by atoms with E-state index in [0.717, 1.165) is 18.4 Å². The van der Waals surface area contributed by atoms with Crippen LogP contribution < -0.4 is 0 Å². The van der Waals surface area contributed by atoms with E-state index in [-0.39, 0.29) is 5.78 Å². The van der Waals surface area contributed by atoms with E-state index in [1.54, 1.807) is 0 Å². The molecular formula is C16H22O. The summed E-state index contributed by atoms with van der Waals surface area (Å²) in [6, 6.07) is 4.34. The highest BCUT2D eigenvalue weighted by molar-refractivity contribution is 6.20. The molecular weight excluding hydrogens is 208 g/mol. The van der Waals surface area contributed by atoms with E-state index in [1.165, 1.54) is 16.7 Å². The van der Waals surface area contributed by atoms with Crippen molar-refractivity contribution in [2.75, 3.05) is 0 Å². The van der Waals surface area contributed by atoms with E-state index in [0.29, 0.717) is 12.0 Å². The first-order valence-corrected chi connectivity index (χ1v) is 6.39. The first-order chi connectivity index (χ1) is 8.04. The maximum Gasteiger partial charge on any atom is 0.162 e. The fraction of sp³-hybridized carbons (Fsp3) is 0.438. The van der Waals surface area contributed by atoms with Crippen molar-refractivity contribution >= 4 is 11.4 Å². The molecule has 17 heavy (non-hydrogen) atoms. The lowest BCUT2D eigenvalue weighted by atomic mass is 9.88. The largest absolute Gasteiger partial charge is 0.294 e. The minimum atomic E-state index is 0.151. The normalized spacial score (nSPS) is 10.4. The number of carbonyl (C=O) groups excluding carboxylic acids is 1. The van der Waals surface area contributed by atoms with Crippen LogP contribution in [0.15, 0.2) is 18.7 Å². The molecule has 0 aliphatic carbocycles. The number of hydrogen-bond donors (Lipinski definition) is 0. The lowest BCUT2D eigenvalue weighted by Crippen LogP contribution is -2.06. The molecule has 0 aromatic heterocycles. The van der Waals surface area contributed by atoms with Crippen LogP contribution in [0.4, 0.5) is 0 Å². The molecule has 1 nitrogen and oxygen atoms in total. The fourth-order valence-corrected chi connectivity index (χ4v) is 2.24. The van der Waals surface area contributed by atoms with Gasteiger partial charge in [0, 0.05) is 12.0 Å². The Balaban J connectivity index is 3.38. The smallest absolute Gasteiger partial charge is 0.162 e. The number of hydrogen-bond acceptors (Lipinski definition) is 1. The molecule has 1 rings (SSSR count). The van der Waals surface area contributed by atoms with Gasteiger partial charge in [0.15, 0.2) is 5.78 Å². The molecule has 0 fully saturated rings. The molecule has 0 radical (unpaired) electrons. The number of ketones is 1. The molecule has 0 aliphatic rings. The Morgan fingerprint density at radius 1 is 1.12 bits per heavy atom. The third-order valence-corrected chi connectivity index (χ3v) is 3.17. The van der Waals surface area contributed by atoms with Gasteiger partial charge >= 0.3 is 0 Å². The van der Waals surface area contributed by atoms with Crippen LogP contribution in [0.2, 0.25) is 0 Å². The highest BCUT2D eigenvalue weighted by Crippen LogP contribution is 2.26. The van der Waals surface area contributed by atoms with Crippen molar-refractivity contribution in [3.63, 3.8) is 0 Å². The van der Waals surface area contributed by atoms with Crippen molar-refractivity contribution in [2.24, 2.45) is 0 Å². The van der Waals surface area contributed by atoms with E-state index in [4.69, 9.17) is 0 Å². The number of carbonyl (C=O) groups is 1. The summed E-state index contributed by atoms with van der Waals surface area (Å²) in [6.45, 7) is 12.2. The Morgan fingerprint density at radius 2 is 1.59 bits per heavy atom. The molecule has 0 bridgehead atoms. The Hall–Kier alpha value is -1.37. The third-order valence-electron chi connectivity index (χ3n) is 3.17. The van der Waals surface area contributed by atoms with Crippen LogP contribution in [0.1, 0.15) is 49.4 Å². The number of allylic oxidation sites excluding steroid dienone is 1. The standard InChI is InChI=1S/C16H22O/c1-6-13-9-11(4)10-14(7-2)16(13)12(5)15(17)8-3/h9-10H,5-8H2,1-4H3. The lowest BCUT2D eigenvalue weighted by molar-refractivity contribution is -0.113. The Bertz CT molecular complexity index is 416. The lowest BCUT2D eigenvalue weighted by Gasteiger charge is -2.15. The molecule has 1 heteroatoms. The quantitative estimate of drug-likeness (QED) is 0.696. The summed E-state index contributed by atoms with van der Waals surface area (Å²) in [5.74, 6) is 0.151. The van der Waals surface area contributed by atoms with E-state index in [2.05, 4.69) is 39.5 Å². The summed E-state index contributed by atoms with van der Waals surface area (Å²) < 4.78 is 0. The van der Waals surface area contributed by atoms with Crippen molar-refractivity contribution in [2.45, 2.75) is 47.0 Å². The second-order valence-electron chi connectivity index (χ2n) is 4.42. The topological polar surface area (TPSA) is 17.1 Å². The van der Waals surface area contributed by atoms with Gasteiger partial charge in [-0.05, 0) is 36.5 Å². The molecule has 0 unspecified atom stereocenters. The molecule has 0 heterocycles. The highest BCUT2D eigenvalue weighted by Gasteiger charge is 2.15. The van der Waals surface area contributed by atoms with Gasteiger partial charge in [-0.25, -0.2) is 0 Å². The van der Waals surface area contributed by atoms with Gasteiger partial charge in [0.05, 0.1) is 0 Å². The highest BCUT2D eigenvalue weighted by atomic mass is 16.1. The fourth-order valence-electron chi connectivity index (χ4n) is 2.24. The Morgan fingerprint density at radius 3 is 1.94 bits per heavy atom. The molecule has 0 saturated carbocycles. The molecule has 0 amide bonds. The maximum atomic E-state index is 11.8. The summed E-state index contributed by atoms with van der Waals surface area (Å²) in [4.78, 5) is 11.8. The van der Waals surface area contributed by atoms with E-state index in [9.17, 15) is 4.79 Å². The average Bonchev–Trinajstić information content (AvgIpc) is 2.35. The minimum absolute atomic E-state index is 0.151. The van der Waals surface area contributed by atoms with Gasteiger partial charge < -0.3 is 0 Å². The zero-order chi connectivity index (χ0) is 13.0. The van der Waals surface area contributed by atoms with Crippen LogP contribution in [0.3, 0.4) is 0 Å². The predicted molar refractivity (Wildman–Crippen MR) is 74.3 cm³/mol.